The Morgan fingerprint density at radius 2 is 2.17 bits per heavy atom. The number of aryl methyl sites for hydroxylation is 1. The number of hydrogen-bond donors (Lipinski definition) is 1. The lowest BCUT2D eigenvalue weighted by atomic mass is 10.3. The smallest absolute Gasteiger partial charge is 0.238 e. The molecule has 0 amide bonds. The van der Waals surface area contributed by atoms with Gasteiger partial charge in [-0.1, -0.05) is 12.1 Å². The van der Waals surface area contributed by atoms with Gasteiger partial charge >= 0.3 is 0 Å². The van der Waals surface area contributed by atoms with Crippen molar-refractivity contribution in [2.24, 2.45) is 0 Å². The molecule has 0 fully saturated rings. The van der Waals surface area contributed by atoms with Crippen LogP contribution in [0.3, 0.4) is 0 Å². The molecule has 0 aliphatic heterocycles. The first-order valence-electron chi connectivity index (χ1n) is 5.74. The third-order valence-electron chi connectivity index (χ3n) is 2.42. The van der Waals surface area contributed by atoms with Gasteiger partial charge in [-0.05, 0) is 18.6 Å². The lowest BCUT2D eigenvalue weighted by molar-refractivity contribution is 0.359. The number of nitrogens with zero attached hydrogens (tertiary/aromatic N) is 3. The van der Waals surface area contributed by atoms with Gasteiger partial charge in [0.1, 0.15) is 6.20 Å². The summed E-state index contributed by atoms with van der Waals surface area (Å²) in [6.07, 6.45) is 2.52. The second-order valence-corrected chi connectivity index (χ2v) is 3.81. The second kappa shape index (κ2) is 5.39. The summed E-state index contributed by atoms with van der Waals surface area (Å²) in [6.45, 7) is 2.81. The van der Waals surface area contributed by atoms with Gasteiger partial charge in [0.15, 0.2) is 11.5 Å². The lowest BCUT2D eigenvalue weighted by Gasteiger charge is -2.11. The van der Waals surface area contributed by atoms with Gasteiger partial charge in [-0.15, -0.1) is 5.10 Å². The molecule has 2 aromatic rings. The lowest BCUT2D eigenvalue weighted by Crippen LogP contribution is -2.02. The molecule has 6 heteroatoms. The molecule has 2 rings (SSSR count). The summed E-state index contributed by atoms with van der Waals surface area (Å²) in [6, 6.07) is 5.23. The number of anilines is 1. The van der Waals surface area contributed by atoms with E-state index in [1.165, 1.54) is 0 Å². The second-order valence-electron chi connectivity index (χ2n) is 3.81. The average Bonchev–Trinajstić information content (AvgIpc) is 2.78. The van der Waals surface area contributed by atoms with Crippen LogP contribution < -0.4 is 15.2 Å². The Morgan fingerprint density at radius 3 is 2.89 bits per heavy atom. The van der Waals surface area contributed by atoms with Gasteiger partial charge in [-0.25, -0.2) is 4.68 Å². The van der Waals surface area contributed by atoms with Crippen LogP contribution in [-0.4, -0.2) is 22.1 Å². The van der Waals surface area contributed by atoms with Gasteiger partial charge < -0.3 is 15.2 Å². The Balaban J connectivity index is 2.27. The molecular weight excluding hydrogens is 232 g/mol. The molecule has 6 nitrogen and oxygen atoms in total. The average molecular weight is 248 g/mol. The van der Waals surface area contributed by atoms with E-state index >= 15 is 0 Å². The van der Waals surface area contributed by atoms with Crippen molar-refractivity contribution in [1.29, 1.82) is 0 Å². The van der Waals surface area contributed by atoms with Crippen LogP contribution in [0.1, 0.15) is 13.3 Å². The quantitative estimate of drug-likeness (QED) is 0.820. The molecule has 0 saturated heterocycles. The summed E-state index contributed by atoms with van der Waals surface area (Å²) in [5.74, 6) is 1.74. The van der Waals surface area contributed by atoms with Gasteiger partial charge in [-0.2, -0.15) is 0 Å². The van der Waals surface area contributed by atoms with Crippen LogP contribution >= 0.6 is 0 Å². The first-order chi connectivity index (χ1) is 8.74. The minimum Gasteiger partial charge on any atom is -0.493 e. The number of methoxy groups -OCH3 is 1. The summed E-state index contributed by atoms with van der Waals surface area (Å²) >= 11 is 0. The maximum atomic E-state index is 5.74. The van der Waals surface area contributed by atoms with Gasteiger partial charge in [0.25, 0.3) is 0 Å². The predicted octanol–water partition coefficient (Wildman–Crippen LogP) is 2.07. The Morgan fingerprint density at radius 1 is 1.33 bits per heavy atom. The van der Waals surface area contributed by atoms with E-state index in [4.69, 9.17) is 15.2 Å². The fourth-order valence-corrected chi connectivity index (χ4v) is 1.58. The van der Waals surface area contributed by atoms with Crippen molar-refractivity contribution >= 4 is 5.69 Å². The van der Waals surface area contributed by atoms with Gasteiger partial charge in [0.2, 0.25) is 5.88 Å². The maximum absolute atomic E-state index is 5.74. The SMILES string of the molecule is CCCn1nncc1Oc1cc(N)ccc1OC. The molecular formula is C12H16N4O2. The normalized spacial score (nSPS) is 10.3. The number of benzene rings is 1. The minimum absolute atomic E-state index is 0.553. The molecule has 0 aliphatic rings. The van der Waals surface area contributed by atoms with Crippen LogP contribution in [0.2, 0.25) is 0 Å². The van der Waals surface area contributed by atoms with E-state index < -0.39 is 0 Å². The summed E-state index contributed by atoms with van der Waals surface area (Å²) < 4.78 is 12.7. The Bertz CT molecular complexity index is 525. The van der Waals surface area contributed by atoms with E-state index in [1.807, 2.05) is 0 Å². The molecule has 18 heavy (non-hydrogen) atoms. The Kier molecular flexibility index (Phi) is 3.66. The number of nitrogens with two attached hydrogens (primary N) is 1. The van der Waals surface area contributed by atoms with Crippen molar-refractivity contribution in [3.05, 3.63) is 24.4 Å². The third kappa shape index (κ3) is 2.53. The Labute approximate surface area is 105 Å². The highest BCUT2D eigenvalue weighted by molar-refractivity contribution is 5.52. The van der Waals surface area contributed by atoms with Gasteiger partial charge in [0, 0.05) is 18.3 Å². The molecule has 0 aliphatic carbocycles. The molecule has 0 saturated carbocycles. The van der Waals surface area contributed by atoms with E-state index in [-0.39, 0.29) is 0 Å². The fourth-order valence-electron chi connectivity index (χ4n) is 1.58. The van der Waals surface area contributed by atoms with Gasteiger partial charge in [0.05, 0.1) is 7.11 Å². The van der Waals surface area contributed by atoms with Crippen molar-refractivity contribution in [2.45, 2.75) is 19.9 Å². The highest BCUT2D eigenvalue weighted by Crippen LogP contribution is 2.32. The summed E-state index contributed by atoms with van der Waals surface area (Å²) in [7, 11) is 1.58. The molecule has 0 spiro atoms. The number of aromatic nitrogens is 3. The van der Waals surface area contributed by atoms with Crippen LogP contribution in [0.4, 0.5) is 5.69 Å². The van der Waals surface area contributed by atoms with E-state index in [1.54, 1.807) is 36.2 Å². The molecule has 1 aromatic heterocycles. The standard InChI is InChI=1S/C12H16N4O2/c1-3-6-16-12(8-14-15-16)18-11-7-9(13)4-5-10(11)17-2/h4-5,7-8H,3,6,13H2,1-2H3. The fraction of sp³-hybridized carbons (Fsp3) is 0.333. The zero-order valence-corrected chi connectivity index (χ0v) is 10.5. The number of nitrogen functional groups attached to an aromatic ring is 1. The van der Waals surface area contributed by atoms with E-state index in [9.17, 15) is 0 Å². The maximum Gasteiger partial charge on any atom is 0.238 e. The number of hydrogen-bond acceptors (Lipinski definition) is 5. The molecule has 0 bridgehead atoms. The molecule has 96 valence electrons. The van der Waals surface area contributed by atoms with Crippen LogP contribution in [0.15, 0.2) is 24.4 Å². The third-order valence-corrected chi connectivity index (χ3v) is 2.42. The van der Waals surface area contributed by atoms with Crippen molar-refractivity contribution < 1.29 is 9.47 Å². The molecule has 0 unspecified atom stereocenters. The van der Waals surface area contributed by atoms with Crippen LogP contribution in [0.5, 0.6) is 17.4 Å². The van der Waals surface area contributed by atoms with E-state index in [2.05, 4.69) is 17.2 Å². The molecule has 0 atom stereocenters. The first-order valence-corrected chi connectivity index (χ1v) is 5.74. The highest BCUT2D eigenvalue weighted by Gasteiger charge is 2.10. The molecule has 0 radical (unpaired) electrons. The minimum atomic E-state index is 0.553. The zero-order valence-electron chi connectivity index (χ0n) is 10.5. The number of rotatable bonds is 5. The predicted molar refractivity (Wildman–Crippen MR) is 67.8 cm³/mol. The summed E-state index contributed by atoms with van der Waals surface area (Å²) in [5, 5.41) is 7.78. The largest absolute Gasteiger partial charge is 0.493 e. The van der Waals surface area contributed by atoms with Crippen LogP contribution in [-0.2, 0) is 6.54 Å². The monoisotopic (exact) mass is 248 g/mol. The van der Waals surface area contributed by atoms with Crippen LogP contribution in [0.25, 0.3) is 0 Å². The van der Waals surface area contributed by atoms with Crippen molar-refractivity contribution in [3.63, 3.8) is 0 Å². The zero-order chi connectivity index (χ0) is 13.0. The van der Waals surface area contributed by atoms with Crippen LogP contribution in [0, 0.1) is 0 Å². The van der Waals surface area contributed by atoms with E-state index in [0.717, 1.165) is 13.0 Å². The molecule has 2 N–H and O–H groups in total. The highest BCUT2D eigenvalue weighted by atomic mass is 16.5. The Hall–Kier alpha value is -2.24. The number of ether oxygens (including phenoxy) is 2. The molecule has 1 heterocycles. The van der Waals surface area contributed by atoms with E-state index in [0.29, 0.717) is 23.1 Å². The van der Waals surface area contributed by atoms with Crippen molar-refractivity contribution in [1.82, 2.24) is 15.0 Å². The summed E-state index contributed by atoms with van der Waals surface area (Å²) in [4.78, 5) is 0. The first kappa shape index (κ1) is 12.2. The topological polar surface area (TPSA) is 75.2 Å². The molecule has 1 aromatic carbocycles. The summed E-state index contributed by atoms with van der Waals surface area (Å²) in [5.41, 5.74) is 6.35. The van der Waals surface area contributed by atoms with Crippen molar-refractivity contribution in [3.8, 4) is 17.4 Å². The van der Waals surface area contributed by atoms with Crippen molar-refractivity contribution in [2.75, 3.05) is 12.8 Å². The van der Waals surface area contributed by atoms with Gasteiger partial charge in [-0.3, -0.25) is 0 Å².